The number of hydrogen-bond acceptors (Lipinski definition) is 4. The van der Waals surface area contributed by atoms with Gasteiger partial charge < -0.3 is 14.9 Å². The number of phenolic OH excluding ortho intramolecular Hbond substituents is 1. The number of phenols is 1. The number of aromatic hydroxyl groups is 1. The summed E-state index contributed by atoms with van der Waals surface area (Å²) < 4.78 is 87.3. The second-order valence-electron chi connectivity index (χ2n) is 7.54. The fraction of sp³-hybridized carbons (Fsp3) is 0.0800. The quantitative estimate of drug-likeness (QED) is 0.204. The van der Waals surface area contributed by atoms with Crippen LogP contribution < -0.4 is 4.74 Å². The van der Waals surface area contributed by atoms with Crippen molar-refractivity contribution in [3.8, 4) is 27.7 Å². The van der Waals surface area contributed by atoms with E-state index >= 15 is 0 Å². The Labute approximate surface area is 203 Å². The molecular weight excluding hydrogens is 510 g/mol. The van der Waals surface area contributed by atoms with Gasteiger partial charge in [0.1, 0.15) is 11.5 Å². The summed E-state index contributed by atoms with van der Waals surface area (Å²) in [5.41, 5.74) is -2.91. The van der Waals surface area contributed by atoms with E-state index in [0.29, 0.717) is 21.7 Å². The smallest absolute Gasteiger partial charge is 0.417 e. The molecule has 0 radical (unpaired) electrons. The highest BCUT2D eigenvalue weighted by atomic mass is 32.1. The van der Waals surface area contributed by atoms with Gasteiger partial charge in [0.05, 0.1) is 16.0 Å². The van der Waals surface area contributed by atoms with Crippen molar-refractivity contribution >= 4 is 33.5 Å². The van der Waals surface area contributed by atoms with Crippen LogP contribution in [0.2, 0.25) is 0 Å². The first-order valence-electron chi connectivity index (χ1n) is 10.1. The molecule has 0 fully saturated rings. The third-order valence-corrected chi connectivity index (χ3v) is 6.21. The fourth-order valence-corrected chi connectivity index (χ4v) is 4.63. The molecule has 4 rings (SSSR count). The Morgan fingerprint density at radius 3 is 2.19 bits per heavy atom. The maximum atomic E-state index is 13.9. The number of fused-ring (bicyclic) bond motifs is 1. The molecule has 36 heavy (non-hydrogen) atoms. The van der Waals surface area contributed by atoms with Crippen LogP contribution in [0.4, 0.5) is 26.3 Å². The zero-order valence-corrected chi connectivity index (χ0v) is 18.6. The number of carbonyl (C=O) groups is 1. The van der Waals surface area contributed by atoms with E-state index in [9.17, 15) is 36.2 Å². The van der Waals surface area contributed by atoms with E-state index in [0.717, 1.165) is 23.5 Å². The Balaban J connectivity index is 1.87. The summed E-state index contributed by atoms with van der Waals surface area (Å²) in [5, 5.41) is 18.9. The number of ether oxygens (including phenoxy) is 1. The molecule has 0 aliphatic rings. The Morgan fingerprint density at radius 2 is 1.58 bits per heavy atom. The van der Waals surface area contributed by atoms with Gasteiger partial charge in [-0.05, 0) is 54.1 Å². The van der Waals surface area contributed by atoms with Crippen LogP contribution in [0.15, 0.2) is 66.7 Å². The van der Waals surface area contributed by atoms with Crippen LogP contribution in [0.5, 0.6) is 17.2 Å². The van der Waals surface area contributed by atoms with Crippen molar-refractivity contribution in [3.63, 3.8) is 0 Å². The number of carboxylic acids is 1. The topological polar surface area (TPSA) is 66.8 Å². The average Bonchev–Trinajstić information content (AvgIpc) is 3.14. The number of thiophene rings is 1. The molecule has 0 spiro atoms. The first kappa shape index (κ1) is 25.1. The van der Waals surface area contributed by atoms with Gasteiger partial charge in [-0.1, -0.05) is 18.2 Å². The minimum absolute atomic E-state index is 0.0333. The normalized spacial score (nSPS) is 12.4. The molecular formula is C25H14F6O4S. The SMILES string of the molecule is O=C(O)C=Cc1ccc(Oc2c(-c3ccc(C(F)(F)F)cc3C(F)(F)F)sc3cc(O)ccc23)cc1. The third-order valence-electron chi connectivity index (χ3n) is 5.04. The molecule has 1 heterocycles. The Kier molecular flexibility index (Phi) is 6.44. The maximum absolute atomic E-state index is 13.9. The summed E-state index contributed by atoms with van der Waals surface area (Å²) in [6.45, 7) is 0. The highest BCUT2D eigenvalue weighted by Gasteiger charge is 2.39. The average molecular weight is 524 g/mol. The van der Waals surface area contributed by atoms with E-state index in [1.165, 1.54) is 48.5 Å². The van der Waals surface area contributed by atoms with E-state index in [4.69, 9.17) is 9.84 Å². The van der Waals surface area contributed by atoms with Gasteiger partial charge in [0, 0.05) is 21.7 Å². The van der Waals surface area contributed by atoms with Crippen LogP contribution in [0.3, 0.4) is 0 Å². The third kappa shape index (κ3) is 5.30. The lowest BCUT2D eigenvalue weighted by Crippen LogP contribution is -2.12. The van der Waals surface area contributed by atoms with Crippen molar-refractivity contribution in [2.24, 2.45) is 0 Å². The van der Waals surface area contributed by atoms with Gasteiger partial charge in [0.15, 0.2) is 5.75 Å². The molecule has 11 heteroatoms. The van der Waals surface area contributed by atoms with E-state index in [1.54, 1.807) is 0 Å². The number of hydrogen-bond donors (Lipinski definition) is 2. The Bertz CT molecular complexity index is 1470. The van der Waals surface area contributed by atoms with Crippen LogP contribution in [-0.2, 0) is 17.1 Å². The van der Waals surface area contributed by atoms with Gasteiger partial charge >= 0.3 is 18.3 Å². The summed E-state index contributed by atoms with van der Waals surface area (Å²) in [6.07, 6.45) is -7.81. The lowest BCUT2D eigenvalue weighted by atomic mass is 10.0. The van der Waals surface area contributed by atoms with Crippen LogP contribution in [0.1, 0.15) is 16.7 Å². The second kappa shape index (κ2) is 9.23. The molecule has 1 aromatic heterocycles. The minimum Gasteiger partial charge on any atom is -0.508 e. The van der Waals surface area contributed by atoms with Crippen molar-refractivity contribution in [2.45, 2.75) is 12.4 Å². The van der Waals surface area contributed by atoms with Gasteiger partial charge in [-0.3, -0.25) is 0 Å². The lowest BCUT2D eigenvalue weighted by molar-refractivity contribution is -0.142. The van der Waals surface area contributed by atoms with Gasteiger partial charge in [0.2, 0.25) is 0 Å². The number of rotatable bonds is 5. The molecule has 0 bridgehead atoms. The number of alkyl halides is 6. The molecule has 2 N–H and O–H groups in total. The van der Waals surface area contributed by atoms with Gasteiger partial charge in [0.25, 0.3) is 0 Å². The molecule has 0 saturated carbocycles. The molecule has 0 aliphatic carbocycles. The highest BCUT2D eigenvalue weighted by molar-refractivity contribution is 7.22. The summed E-state index contributed by atoms with van der Waals surface area (Å²) in [7, 11) is 0. The predicted molar refractivity (Wildman–Crippen MR) is 122 cm³/mol. The number of benzene rings is 3. The summed E-state index contributed by atoms with van der Waals surface area (Å²) in [6, 6.07) is 11.4. The first-order valence-corrected chi connectivity index (χ1v) is 10.9. The van der Waals surface area contributed by atoms with E-state index < -0.39 is 35.0 Å². The maximum Gasteiger partial charge on any atom is 0.417 e. The van der Waals surface area contributed by atoms with E-state index in [-0.39, 0.29) is 28.2 Å². The van der Waals surface area contributed by atoms with Gasteiger partial charge in [-0.15, -0.1) is 11.3 Å². The van der Waals surface area contributed by atoms with Crippen molar-refractivity contribution in [1.29, 1.82) is 0 Å². The standard InChI is InChI=1S/C25H14F6O4S/c26-24(27,28)14-4-8-17(19(11-14)25(29,30)31)23-22(18-9-5-15(32)12-20(18)36-23)35-16-6-1-13(2-7-16)3-10-21(33)34/h1-12,32H,(H,33,34). The molecule has 3 aromatic carbocycles. The fourth-order valence-electron chi connectivity index (χ4n) is 3.43. The van der Waals surface area contributed by atoms with Crippen molar-refractivity contribution < 1.29 is 46.1 Å². The molecule has 0 atom stereocenters. The number of halogens is 6. The molecule has 0 aliphatic heterocycles. The van der Waals surface area contributed by atoms with E-state index in [2.05, 4.69) is 0 Å². The number of aliphatic carboxylic acids is 1. The van der Waals surface area contributed by atoms with Crippen molar-refractivity contribution in [2.75, 3.05) is 0 Å². The highest BCUT2D eigenvalue weighted by Crippen LogP contribution is 2.51. The van der Waals surface area contributed by atoms with Crippen LogP contribution in [0.25, 0.3) is 26.6 Å². The van der Waals surface area contributed by atoms with Crippen molar-refractivity contribution in [1.82, 2.24) is 0 Å². The zero-order valence-electron chi connectivity index (χ0n) is 17.8. The predicted octanol–water partition coefficient (Wildman–Crippen LogP) is 8.20. The number of carboxylic acid groups (broad SMARTS) is 1. The summed E-state index contributed by atoms with van der Waals surface area (Å²) >= 11 is 0.826. The summed E-state index contributed by atoms with van der Waals surface area (Å²) in [4.78, 5) is 10.6. The zero-order chi connectivity index (χ0) is 26.3. The second-order valence-corrected chi connectivity index (χ2v) is 8.59. The first-order chi connectivity index (χ1) is 16.8. The van der Waals surface area contributed by atoms with Gasteiger partial charge in [-0.25, -0.2) is 4.79 Å². The molecule has 4 nitrogen and oxygen atoms in total. The molecule has 4 aromatic rings. The largest absolute Gasteiger partial charge is 0.508 e. The lowest BCUT2D eigenvalue weighted by Gasteiger charge is -2.16. The molecule has 0 amide bonds. The van der Waals surface area contributed by atoms with E-state index in [1.807, 2.05) is 0 Å². The molecule has 0 unspecified atom stereocenters. The molecule has 0 saturated heterocycles. The van der Waals surface area contributed by atoms with Crippen LogP contribution in [-0.4, -0.2) is 16.2 Å². The Morgan fingerprint density at radius 1 is 0.889 bits per heavy atom. The monoisotopic (exact) mass is 524 g/mol. The Hall–Kier alpha value is -3.99. The van der Waals surface area contributed by atoms with Crippen LogP contribution in [0, 0.1) is 0 Å². The van der Waals surface area contributed by atoms with Crippen LogP contribution >= 0.6 is 11.3 Å². The summed E-state index contributed by atoms with van der Waals surface area (Å²) in [5.74, 6) is -1.14. The van der Waals surface area contributed by atoms with Gasteiger partial charge in [-0.2, -0.15) is 26.3 Å². The van der Waals surface area contributed by atoms with Crippen molar-refractivity contribution in [3.05, 3.63) is 83.4 Å². The minimum atomic E-state index is -5.09. The molecule has 186 valence electrons.